The molecule has 0 saturated carbocycles. The molecule has 1 aliphatic carbocycles. The number of allylic oxidation sites excluding steroid dienone is 1. The van der Waals surface area contributed by atoms with E-state index < -0.39 is 0 Å². The molecule has 2 nitrogen and oxygen atoms in total. The highest BCUT2D eigenvalue weighted by Gasteiger charge is 2.26. The van der Waals surface area contributed by atoms with Crippen LogP contribution in [0.25, 0.3) is 16.3 Å². The summed E-state index contributed by atoms with van der Waals surface area (Å²) in [6.07, 6.45) is 3.70. The monoisotopic (exact) mass is 328 g/mol. The van der Waals surface area contributed by atoms with Crippen LogP contribution in [0.3, 0.4) is 0 Å². The van der Waals surface area contributed by atoms with E-state index in [1.165, 1.54) is 34.4 Å². The highest BCUT2D eigenvalue weighted by atomic mass is 16.5. The smallest absolute Gasteiger partial charge is 0.307 e. The number of hydrogen-bond acceptors (Lipinski definition) is 2. The van der Waals surface area contributed by atoms with Gasteiger partial charge in [0.05, 0.1) is 6.26 Å². The predicted molar refractivity (Wildman–Crippen MR) is 101 cm³/mol. The first-order valence-corrected chi connectivity index (χ1v) is 8.66. The lowest BCUT2D eigenvalue weighted by Gasteiger charge is -2.28. The Morgan fingerprint density at radius 3 is 2.60 bits per heavy atom. The minimum absolute atomic E-state index is 0.235. The Kier molecular flexibility index (Phi) is 4.10. The summed E-state index contributed by atoms with van der Waals surface area (Å²) < 4.78 is 5.28. The van der Waals surface area contributed by atoms with E-state index in [9.17, 15) is 4.79 Å². The molecule has 0 spiro atoms. The van der Waals surface area contributed by atoms with Crippen LogP contribution in [0.2, 0.25) is 0 Å². The molecule has 0 aromatic heterocycles. The number of hydrogen-bond donors (Lipinski definition) is 0. The summed E-state index contributed by atoms with van der Waals surface area (Å²) in [4.78, 5) is 11.3. The van der Waals surface area contributed by atoms with E-state index in [0.717, 1.165) is 18.4 Å². The van der Waals surface area contributed by atoms with Gasteiger partial charge < -0.3 is 4.74 Å². The van der Waals surface area contributed by atoms with Crippen molar-refractivity contribution in [3.8, 4) is 0 Å². The first-order valence-electron chi connectivity index (χ1n) is 8.66. The van der Waals surface area contributed by atoms with Gasteiger partial charge in [-0.05, 0) is 40.3 Å². The van der Waals surface area contributed by atoms with Crippen LogP contribution in [0.15, 0.2) is 73.0 Å². The van der Waals surface area contributed by atoms with Crippen LogP contribution >= 0.6 is 0 Å². The highest BCUT2D eigenvalue weighted by Crippen LogP contribution is 2.42. The fraction of sp³-hybridized carbons (Fsp3) is 0.174. The summed E-state index contributed by atoms with van der Waals surface area (Å²) in [5.41, 5.74) is 4.87. The Labute approximate surface area is 147 Å². The van der Waals surface area contributed by atoms with E-state index in [0.29, 0.717) is 0 Å². The van der Waals surface area contributed by atoms with Crippen molar-refractivity contribution < 1.29 is 9.53 Å². The second-order valence-corrected chi connectivity index (χ2v) is 6.54. The van der Waals surface area contributed by atoms with Crippen molar-refractivity contribution in [1.82, 2.24) is 0 Å². The Bertz CT molecular complexity index is 968. The average molecular weight is 328 g/mol. The molecule has 0 radical (unpaired) electrons. The molecule has 1 unspecified atom stereocenters. The molecule has 25 heavy (non-hydrogen) atoms. The van der Waals surface area contributed by atoms with Gasteiger partial charge in [-0.15, -0.1) is 0 Å². The Hall–Kier alpha value is -2.87. The summed E-state index contributed by atoms with van der Waals surface area (Å²) in [5.74, 6) is -0.0494. The maximum Gasteiger partial charge on any atom is 0.307 e. The molecule has 4 rings (SSSR count). The molecular formula is C23H20O2. The number of carbonyl (C=O) groups excluding carboxylic acids is 1. The topological polar surface area (TPSA) is 26.3 Å². The van der Waals surface area contributed by atoms with E-state index >= 15 is 0 Å². The molecule has 0 N–H and O–H groups in total. The van der Waals surface area contributed by atoms with Crippen LogP contribution in [-0.2, 0) is 16.0 Å². The molecular weight excluding hydrogens is 308 g/mol. The number of benzene rings is 3. The van der Waals surface area contributed by atoms with E-state index in [1.807, 2.05) is 6.07 Å². The van der Waals surface area contributed by atoms with Gasteiger partial charge in [0, 0.05) is 18.4 Å². The Morgan fingerprint density at radius 1 is 1.00 bits per heavy atom. The SMILES string of the molecule is CC(=O)O/C=C1/c2ccccc2CCC1c1ccc2ccccc2c1. The Balaban J connectivity index is 1.81. The van der Waals surface area contributed by atoms with Crippen LogP contribution in [0.5, 0.6) is 0 Å². The number of fused-ring (bicyclic) bond motifs is 2. The van der Waals surface area contributed by atoms with Crippen molar-refractivity contribution in [2.45, 2.75) is 25.7 Å². The van der Waals surface area contributed by atoms with Crippen LogP contribution < -0.4 is 0 Å². The molecule has 0 heterocycles. The maximum absolute atomic E-state index is 11.3. The molecule has 1 aliphatic rings. The minimum atomic E-state index is -0.284. The van der Waals surface area contributed by atoms with Gasteiger partial charge in [0.15, 0.2) is 0 Å². The number of esters is 1. The van der Waals surface area contributed by atoms with Gasteiger partial charge in [0.1, 0.15) is 0 Å². The maximum atomic E-state index is 11.3. The van der Waals surface area contributed by atoms with Gasteiger partial charge in [-0.2, -0.15) is 0 Å². The van der Waals surface area contributed by atoms with Gasteiger partial charge in [0.2, 0.25) is 0 Å². The van der Waals surface area contributed by atoms with E-state index in [-0.39, 0.29) is 11.9 Å². The van der Waals surface area contributed by atoms with Gasteiger partial charge in [0.25, 0.3) is 0 Å². The number of carbonyl (C=O) groups is 1. The summed E-state index contributed by atoms with van der Waals surface area (Å²) in [7, 11) is 0. The zero-order valence-electron chi connectivity index (χ0n) is 14.2. The van der Waals surface area contributed by atoms with Crippen LogP contribution in [0.4, 0.5) is 0 Å². The van der Waals surface area contributed by atoms with Crippen molar-refractivity contribution >= 4 is 22.3 Å². The second kappa shape index (κ2) is 6.56. The minimum Gasteiger partial charge on any atom is -0.434 e. The summed E-state index contributed by atoms with van der Waals surface area (Å²) in [6, 6.07) is 23.4. The van der Waals surface area contributed by atoms with Gasteiger partial charge >= 0.3 is 5.97 Å². The first kappa shape index (κ1) is 15.6. The lowest BCUT2D eigenvalue weighted by atomic mass is 9.76. The van der Waals surface area contributed by atoms with Gasteiger partial charge in [-0.1, -0.05) is 66.7 Å². The molecule has 2 heteroatoms. The van der Waals surface area contributed by atoms with Crippen molar-refractivity contribution in [2.24, 2.45) is 0 Å². The number of ether oxygens (including phenoxy) is 1. The normalized spacial score (nSPS) is 18.1. The summed E-state index contributed by atoms with van der Waals surface area (Å²) in [5, 5.41) is 2.48. The average Bonchev–Trinajstić information content (AvgIpc) is 2.65. The number of rotatable bonds is 2. The lowest BCUT2D eigenvalue weighted by Crippen LogP contribution is -2.12. The molecule has 1 atom stereocenters. The van der Waals surface area contributed by atoms with E-state index in [1.54, 1.807) is 6.26 Å². The third kappa shape index (κ3) is 3.08. The molecule has 124 valence electrons. The third-order valence-electron chi connectivity index (χ3n) is 4.93. The van der Waals surface area contributed by atoms with Crippen LogP contribution in [0, 0.1) is 0 Å². The highest BCUT2D eigenvalue weighted by molar-refractivity contribution is 5.85. The van der Waals surface area contributed by atoms with Crippen molar-refractivity contribution in [3.63, 3.8) is 0 Å². The van der Waals surface area contributed by atoms with Crippen molar-refractivity contribution in [3.05, 3.63) is 89.7 Å². The van der Waals surface area contributed by atoms with E-state index in [2.05, 4.69) is 60.7 Å². The van der Waals surface area contributed by atoms with Gasteiger partial charge in [-0.25, -0.2) is 0 Å². The zero-order valence-corrected chi connectivity index (χ0v) is 14.2. The molecule has 0 fully saturated rings. The summed E-state index contributed by atoms with van der Waals surface area (Å²) in [6.45, 7) is 1.44. The molecule has 0 bridgehead atoms. The summed E-state index contributed by atoms with van der Waals surface area (Å²) >= 11 is 0. The quantitative estimate of drug-likeness (QED) is 0.460. The second-order valence-electron chi connectivity index (χ2n) is 6.54. The van der Waals surface area contributed by atoms with Crippen LogP contribution in [-0.4, -0.2) is 5.97 Å². The standard InChI is InChI=1S/C23H20O2/c1-16(24)25-15-23-21-9-5-4-7-18(21)12-13-22(23)20-11-10-17-6-2-3-8-19(17)14-20/h2-11,14-15,22H,12-13H2,1H3/b23-15-. The fourth-order valence-electron chi connectivity index (χ4n) is 3.73. The molecule has 3 aromatic rings. The lowest BCUT2D eigenvalue weighted by molar-refractivity contribution is -0.135. The molecule has 0 saturated heterocycles. The van der Waals surface area contributed by atoms with Crippen molar-refractivity contribution in [1.29, 1.82) is 0 Å². The van der Waals surface area contributed by atoms with Gasteiger partial charge in [-0.3, -0.25) is 4.79 Å². The Morgan fingerprint density at radius 2 is 1.76 bits per heavy atom. The predicted octanol–water partition coefficient (Wildman–Crippen LogP) is 5.47. The zero-order chi connectivity index (χ0) is 17.2. The molecule has 0 amide bonds. The molecule has 3 aromatic carbocycles. The fourth-order valence-corrected chi connectivity index (χ4v) is 3.73. The van der Waals surface area contributed by atoms with E-state index in [4.69, 9.17) is 4.74 Å². The first-order chi connectivity index (χ1) is 12.2. The number of aryl methyl sites for hydroxylation is 1. The molecule has 0 aliphatic heterocycles. The van der Waals surface area contributed by atoms with Crippen molar-refractivity contribution in [2.75, 3.05) is 0 Å². The third-order valence-corrected chi connectivity index (χ3v) is 4.93. The largest absolute Gasteiger partial charge is 0.434 e. The van der Waals surface area contributed by atoms with Crippen LogP contribution in [0.1, 0.15) is 36.0 Å².